The van der Waals surface area contributed by atoms with E-state index in [9.17, 15) is 8.78 Å². The van der Waals surface area contributed by atoms with Gasteiger partial charge in [-0.25, -0.2) is 14.2 Å². The van der Waals surface area contributed by atoms with Crippen LogP contribution in [0.1, 0.15) is 17.2 Å². The lowest BCUT2D eigenvalue weighted by molar-refractivity contribution is 0.566. The van der Waals surface area contributed by atoms with E-state index >= 15 is 0 Å². The van der Waals surface area contributed by atoms with Crippen LogP contribution in [0.2, 0.25) is 10.0 Å². The SMILES string of the molecule is NNC(c1cc(F)cc(F)c1)c1ccc(Cl)c(Cl)c1. The number of nitrogens with two attached hydrogens (primary N) is 1. The molecule has 2 rings (SSSR count). The number of benzene rings is 2. The first-order valence-electron chi connectivity index (χ1n) is 5.38. The number of rotatable bonds is 3. The van der Waals surface area contributed by atoms with Gasteiger partial charge >= 0.3 is 0 Å². The van der Waals surface area contributed by atoms with Crippen molar-refractivity contribution in [2.45, 2.75) is 6.04 Å². The maximum Gasteiger partial charge on any atom is 0.126 e. The Morgan fingerprint density at radius 2 is 1.53 bits per heavy atom. The van der Waals surface area contributed by atoms with Crippen molar-refractivity contribution in [2.24, 2.45) is 5.84 Å². The van der Waals surface area contributed by atoms with Crippen LogP contribution in [-0.4, -0.2) is 0 Å². The van der Waals surface area contributed by atoms with Crippen molar-refractivity contribution in [3.8, 4) is 0 Å². The highest BCUT2D eigenvalue weighted by Crippen LogP contribution is 2.29. The molecule has 0 bridgehead atoms. The highest BCUT2D eigenvalue weighted by Gasteiger charge is 2.15. The van der Waals surface area contributed by atoms with E-state index in [0.29, 0.717) is 21.2 Å². The lowest BCUT2D eigenvalue weighted by Crippen LogP contribution is -2.29. The van der Waals surface area contributed by atoms with Crippen LogP contribution in [0.25, 0.3) is 0 Å². The summed E-state index contributed by atoms with van der Waals surface area (Å²) in [4.78, 5) is 0. The molecule has 0 saturated heterocycles. The van der Waals surface area contributed by atoms with Gasteiger partial charge in [0.05, 0.1) is 16.1 Å². The van der Waals surface area contributed by atoms with E-state index in [1.165, 1.54) is 12.1 Å². The van der Waals surface area contributed by atoms with Gasteiger partial charge in [-0.1, -0.05) is 29.3 Å². The van der Waals surface area contributed by atoms with Gasteiger partial charge in [-0.2, -0.15) is 0 Å². The number of nitrogens with one attached hydrogen (secondary N) is 1. The molecule has 0 aromatic heterocycles. The van der Waals surface area contributed by atoms with Gasteiger partial charge in [-0.15, -0.1) is 0 Å². The van der Waals surface area contributed by atoms with Gasteiger partial charge < -0.3 is 0 Å². The molecule has 0 radical (unpaired) electrons. The minimum absolute atomic E-state index is 0.344. The van der Waals surface area contributed by atoms with Gasteiger partial charge in [0.1, 0.15) is 11.6 Å². The predicted octanol–water partition coefficient (Wildman–Crippen LogP) is 3.82. The quantitative estimate of drug-likeness (QED) is 0.668. The Hall–Kier alpha value is -1.20. The molecular formula is C13H10Cl2F2N2. The van der Waals surface area contributed by atoms with Crippen LogP contribution in [-0.2, 0) is 0 Å². The standard InChI is InChI=1S/C13H10Cl2F2N2/c14-11-2-1-7(5-12(11)15)13(19-18)8-3-9(16)6-10(17)4-8/h1-6,13,19H,18H2. The van der Waals surface area contributed by atoms with Crippen molar-refractivity contribution in [3.05, 3.63) is 69.2 Å². The highest BCUT2D eigenvalue weighted by molar-refractivity contribution is 6.42. The lowest BCUT2D eigenvalue weighted by atomic mass is 9.99. The molecule has 2 nitrogen and oxygen atoms in total. The van der Waals surface area contributed by atoms with Crippen molar-refractivity contribution in [1.82, 2.24) is 5.43 Å². The summed E-state index contributed by atoms with van der Waals surface area (Å²) >= 11 is 11.7. The Labute approximate surface area is 119 Å². The Kier molecular flexibility index (Phi) is 4.37. The number of hydrazine groups is 1. The van der Waals surface area contributed by atoms with Crippen LogP contribution in [0.3, 0.4) is 0 Å². The fourth-order valence-corrected chi connectivity index (χ4v) is 2.13. The van der Waals surface area contributed by atoms with Gasteiger partial charge in [0.25, 0.3) is 0 Å². The molecule has 0 spiro atoms. The van der Waals surface area contributed by atoms with Crippen LogP contribution in [0.15, 0.2) is 36.4 Å². The minimum atomic E-state index is -0.671. The van der Waals surface area contributed by atoms with Crippen LogP contribution < -0.4 is 11.3 Å². The first kappa shape index (κ1) is 14.2. The first-order chi connectivity index (χ1) is 9.01. The normalized spacial score (nSPS) is 12.5. The van der Waals surface area contributed by atoms with Gasteiger partial charge in [-0.05, 0) is 35.4 Å². The Balaban J connectivity index is 2.46. The smallest absolute Gasteiger partial charge is 0.126 e. The molecule has 0 aliphatic rings. The average Bonchev–Trinajstić information content (AvgIpc) is 2.33. The molecule has 2 aromatic carbocycles. The van der Waals surface area contributed by atoms with Crippen LogP contribution in [0, 0.1) is 11.6 Å². The molecule has 0 aliphatic heterocycles. The highest BCUT2D eigenvalue weighted by atomic mass is 35.5. The fourth-order valence-electron chi connectivity index (χ4n) is 1.82. The van der Waals surface area contributed by atoms with Crippen molar-refractivity contribution in [1.29, 1.82) is 0 Å². The molecular weight excluding hydrogens is 293 g/mol. The summed E-state index contributed by atoms with van der Waals surface area (Å²) in [5.74, 6) is 4.11. The second kappa shape index (κ2) is 5.84. The van der Waals surface area contributed by atoms with Crippen molar-refractivity contribution in [2.75, 3.05) is 0 Å². The van der Waals surface area contributed by atoms with E-state index in [0.717, 1.165) is 6.07 Å². The second-order valence-electron chi connectivity index (χ2n) is 3.98. The molecule has 6 heteroatoms. The van der Waals surface area contributed by atoms with Crippen LogP contribution in [0.4, 0.5) is 8.78 Å². The van der Waals surface area contributed by atoms with Crippen LogP contribution >= 0.6 is 23.2 Å². The summed E-state index contributed by atoms with van der Waals surface area (Å²) in [7, 11) is 0. The van der Waals surface area contributed by atoms with Gasteiger partial charge in [0, 0.05) is 6.07 Å². The van der Waals surface area contributed by atoms with Gasteiger partial charge in [-0.3, -0.25) is 5.84 Å². The summed E-state index contributed by atoms with van der Waals surface area (Å²) in [5, 5.41) is 0.739. The summed E-state index contributed by atoms with van der Waals surface area (Å²) in [6.45, 7) is 0. The zero-order valence-corrected chi connectivity index (χ0v) is 11.1. The fraction of sp³-hybridized carbons (Fsp3) is 0.0769. The monoisotopic (exact) mass is 302 g/mol. The molecule has 3 N–H and O–H groups in total. The van der Waals surface area contributed by atoms with Gasteiger partial charge in [0.15, 0.2) is 0 Å². The predicted molar refractivity (Wildman–Crippen MR) is 72.0 cm³/mol. The molecule has 2 aromatic rings. The number of hydrogen-bond donors (Lipinski definition) is 2. The van der Waals surface area contributed by atoms with E-state index in [2.05, 4.69) is 5.43 Å². The van der Waals surface area contributed by atoms with E-state index in [-0.39, 0.29) is 0 Å². The van der Waals surface area contributed by atoms with E-state index in [4.69, 9.17) is 29.0 Å². The Bertz CT molecular complexity index is 585. The number of halogens is 4. The minimum Gasteiger partial charge on any atom is -0.271 e. The van der Waals surface area contributed by atoms with Crippen molar-refractivity contribution >= 4 is 23.2 Å². The summed E-state index contributed by atoms with van der Waals surface area (Å²) < 4.78 is 26.5. The van der Waals surface area contributed by atoms with E-state index in [1.54, 1.807) is 18.2 Å². The third-order valence-corrected chi connectivity index (χ3v) is 3.40. The summed E-state index contributed by atoms with van der Waals surface area (Å²) in [6.07, 6.45) is 0. The second-order valence-corrected chi connectivity index (χ2v) is 4.79. The molecule has 0 aliphatic carbocycles. The topological polar surface area (TPSA) is 38.0 Å². The summed E-state index contributed by atoms with van der Waals surface area (Å²) in [6, 6.07) is 7.50. The molecule has 1 unspecified atom stereocenters. The van der Waals surface area contributed by atoms with Crippen molar-refractivity contribution < 1.29 is 8.78 Å². The first-order valence-corrected chi connectivity index (χ1v) is 6.14. The third-order valence-electron chi connectivity index (χ3n) is 2.66. The molecule has 100 valence electrons. The molecule has 1 atom stereocenters. The Morgan fingerprint density at radius 1 is 0.895 bits per heavy atom. The van der Waals surface area contributed by atoms with Gasteiger partial charge in [0.2, 0.25) is 0 Å². The third kappa shape index (κ3) is 3.22. The summed E-state index contributed by atoms with van der Waals surface area (Å²) in [5.41, 5.74) is 3.51. The maximum atomic E-state index is 13.2. The molecule has 19 heavy (non-hydrogen) atoms. The Morgan fingerprint density at radius 3 is 2.05 bits per heavy atom. The maximum absolute atomic E-state index is 13.2. The van der Waals surface area contributed by atoms with E-state index < -0.39 is 17.7 Å². The largest absolute Gasteiger partial charge is 0.271 e. The van der Waals surface area contributed by atoms with Crippen LogP contribution in [0.5, 0.6) is 0 Å². The lowest BCUT2D eigenvalue weighted by Gasteiger charge is -2.17. The van der Waals surface area contributed by atoms with Crippen molar-refractivity contribution in [3.63, 3.8) is 0 Å². The average molecular weight is 303 g/mol. The number of hydrogen-bond acceptors (Lipinski definition) is 2. The zero-order chi connectivity index (χ0) is 14.0. The zero-order valence-electron chi connectivity index (χ0n) is 9.63. The molecule has 0 saturated carbocycles. The van der Waals surface area contributed by atoms with E-state index in [1.807, 2.05) is 0 Å². The molecule has 0 heterocycles. The molecule has 0 amide bonds. The molecule has 0 fully saturated rings.